The fourth-order valence-corrected chi connectivity index (χ4v) is 2.55. The van der Waals surface area contributed by atoms with Crippen LogP contribution in [0.2, 0.25) is 0 Å². The molecule has 0 fully saturated rings. The van der Waals surface area contributed by atoms with E-state index in [4.69, 9.17) is 5.11 Å². The molecule has 2 heterocycles. The first-order chi connectivity index (χ1) is 8.81. The molecule has 3 aromatic rings. The van der Waals surface area contributed by atoms with Crippen molar-refractivity contribution in [2.24, 2.45) is 7.05 Å². The number of aromatic nitrogens is 2. The molecule has 92 valence electrons. The summed E-state index contributed by atoms with van der Waals surface area (Å²) in [6, 6.07) is 8.56. The lowest BCUT2D eigenvalue weighted by Crippen LogP contribution is -1.90. The highest BCUT2D eigenvalue weighted by Gasteiger charge is 2.08. The number of pyridine rings is 1. The lowest BCUT2D eigenvalue weighted by Gasteiger charge is -2.01. The third-order valence-corrected chi connectivity index (χ3v) is 3.50. The summed E-state index contributed by atoms with van der Waals surface area (Å²) in [4.78, 5) is 4.21. The zero-order valence-electron chi connectivity index (χ0n) is 10.4. The van der Waals surface area contributed by atoms with E-state index in [1.165, 1.54) is 27.4 Å². The molecule has 0 radical (unpaired) electrons. The largest absolute Gasteiger partial charge is 0.396 e. The summed E-state index contributed by atoms with van der Waals surface area (Å²) in [5.41, 5.74) is 3.71. The van der Waals surface area contributed by atoms with E-state index >= 15 is 0 Å². The SMILES string of the molecule is Cn1c2ccncc2c2cc(CCCO)ccc21. The smallest absolute Gasteiger partial charge is 0.0519 e. The minimum atomic E-state index is 0.245. The van der Waals surface area contributed by atoms with E-state index in [0.717, 1.165) is 12.8 Å². The van der Waals surface area contributed by atoms with Crippen LogP contribution in [0.4, 0.5) is 0 Å². The Morgan fingerprint density at radius 3 is 2.83 bits per heavy atom. The number of benzene rings is 1. The Labute approximate surface area is 106 Å². The Bertz CT molecular complexity index is 700. The molecule has 18 heavy (non-hydrogen) atoms. The van der Waals surface area contributed by atoms with Crippen molar-refractivity contribution >= 4 is 21.8 Å². The van der Waals surface area contributed by atoms with Crippen molar-refractivity contribution in [3.8, 4) is 0 Å². The number of fused-ring (bicyclic) bond motifs is 3. The van der Waals surface area contributed by atoms with Gasteiger partial charge < -0.3 is 9.67 Å². The van der Waals surface area contributed by atoms with Gasteiger partial charge in [0.25, 0.3) is 0 Å². The number of aliphatic hydroxyl groups is 1. The number of nitrogens with zero attached hydrogens (tertiary/aromatic N) is 2. The van der Waals surface area contributed by atoms with E-state index in [0.29, 0.717) is 0 Å². The van der Waals surface area contributed by atoms with Gasteiger partial charge in [0.15, 0.2) is 0 Å². The quantitative estimate of drug-likeness (QED) is 0.764. The van der Waals surface area contributed by atoms with E-state index in [-0.39, 0.29) is 6.61 Å². The number of hydrogen-bond donors (Lipinski definition) is 1. The molecule has 0 saturated heterocycles. The number of rotatable bonds is 3. The molecular formula is C15H16N2O. The van der Waals surface area contributed by atoms with Crippen molar-refractivity contribution in [2.75, 3.05) is 6.61 Å². The van der Waals surface area contributed by atoms with E-state index in [9.17, 15) is 0 Å². The average Bonchev–Trinajstić information content (AvgIpc) is 2.71. The molecule has 0 spiro atoms. The van der Waals surface area contributed by atoms with E-state index < -0.39 is 0 Å². The van der Waals surface area contributed by atoms with Gasteiger partial charge in [0.05, 0.1) is 5.52 Å². The standard InChI is InChI=1S/C15H16N2O/c1-17-14-5-4-11(3-2-8-18)9-12(14)13-10-16-7-6-15(13)17/h4-7,9-10,18H,2-3,8H2,1H3. The molecule has 0 saturated carbocycles. The second-order valence-electron chi connectivity index (χ2n) is 4.63. The molecule has 0 atom stereocenters. The number of aryl methyl sites for hydroxylation is 2. The Kier molecular flexibility index (Phi) is 2.76. The van der Waals surface area contributed by atoms with Crippen LogP contribution in [0.1, 0.15) is 12.0 Å². The van der Waals surface area contributed by atoms with Crippen LogP contribution in [0.25, 0.3) is 21.8 Å². The van der Waals surface area contributed by atoms with Crippen LogP contribution in [0.5, 0.6) is 0 Å². The van der Waals surface area contributed by atoms with Crippen molar-refractivity contribution in [2.45, 2.75) is 12.8 Å². The maximum Gasteiger partial charge on any atom is 0.0519 e. The Balaban J connectivity index is 2.23. The van der Waals surface area contributed by atoms with Gasteiger partial charge in [-0.2, -0.15) is 0 Å². The Morgan fingerprint density at radius 1 is 1.17 bits per heavy atom. The van der Waals surface area contributed by atoms with Crippen molar-refractivity contribution in [3.05, 3.63) is 42.2 Å². The van der Waals surface area contributed by atoms with Crippen LogP contribution in [-0.4, -0.2) is 21.3 Å². The zero-order valence-corrected chi connectivity index (χ0v) is 10.4. The molecule has 0 bridgehead atoms. The van der Waals surface area contributed by atoms with Gasteiger partial charge in [0.2, 0.25) is 0 Å². The molecular weight excluding hydrogens is 224 g/mol. The summed E-state index contributed by atoms with van der Waals surface area (Å²) in [5.74, 6) is 0. The molecule has 3 rings (SSSR count). The highest BCUT2D eigenvalue weighted by atomic mass is 16.2. The van der Waals surface area contributed by atoms with Gasteiger partial charge in [-0.3, -0.25) is 4.98 Å². The molecule has 3 nitrogen and oxygen atoms in total. The molecule has 1 N–H and O–H groups in total. The zero-order chi connectivity index (χ0) is 12.5. The lowest BCUT2D eigenvalue weighted by atomic mass is 10.1. The number of hydrogen-bond acceptors (Lipinski definition) is 2. The summed E-state index contributed by atoms with van der Waals surface area (Å²) in [5, 5.41) is 11.3. The van der Waals surface area contributed by atoms with Crippen molar-refractivity contribution in [3.63, 3.8) is 0 Å². The normalized spacial score (nSPS) is 11.4. The molecule has 2 aromatic heterocycles. The van der Waals surface area contributed by atoms with Crippen LogP contribution in [0.15, 0.2) is 36.7 Å². The van der Waals surface area contributed by atoms with E-state index in [1.807, 2.05) is 18.5 Å². The highest BCUT2D eigenvalue weighted by molar-refractivity contribution is 6.07. The Hall–Kier alpha value is -1.87. The summed E-state index contributed by atoms with van der Waals surface area (Å²) >= 11 is 0. The van der Waals surface area contributed by atoms with Gasteiger partial charge in [-0.15, -0.1) is 0 Å². The van der Waals surface area contributed by atoms with Crippen molar-refractivity contribution in [1.29, 1.82) is 0 Å². The van der Waals surface area contributed by atoms with Crippen LogP contribution >= 0.6 is 0 Å². The van der Waals surface area contributed by atoms with Crippen LogP contribution in [0, 0.1) is 0 Å². The van der Waals surface area contributed by atoms with Crippen LogP contribution in [-0.2, 0) is 13.5 Å². The first-order valence-electron chi connectivity index (χ1n) is 6.23. The summed E-state index contributed by atoms with van der Waals surface area (Å²) in [6.07, 6.45) is 5.49. The first kappa shape index (κ1) is 11.2. The van der Waals surface area contributed by atoms with E-state index in [2.05, 4.69) is 34.8 Å². The third kappa shape index (κ3) is 1.68. The molecule has 0 unspecified atom stereocenters. The van der Waals surface area contributed by atoms with Crippen molar-refractivity contribution < 1.29 is 5.11 Å². The summed E-state index contributed by atoms with van der Waals surface area (Å²) < 4.78 is 2.20. The van der Waals surface area contributed by atoms with Crippen LogP contribution < -0.4 is 0 Å². The number of aliphatic hydroxyl groups excluding tert-OH is 1. The predicted octanol–water partition coefficient (Wildman–Crippen LogP) is 2.65. The molecule has 1 aromatic carbocycles. The minimum Gasteiger partial charge on any atom is -0.396 e. The van der Waals surface area contributed by atoms with Gasteiger partial charge in [-0.25, -0.2) is 0 Å². The topological polar surface area (TPSA) is 38.0 Å². The fraction of sp³-hybridized carbons (Fsp3) is 0.267. The van der Waals surface area contributed by atoms with Crippen LogP contribution in [0.3, 0.4) is 0 Å². The molecule has 3 heteroatoms. The van der Waals surface area contributed by atoms with E-state index in [1.54, 1.807) is 0 Å². The minimum absolute atomic E-state index is 0.245. The summed E-state index contributed by atoms with van der Waals surface area (Å²) in [6.45, 7) is 0.245. The molecule has 0 aliphatic heterocycles. The average molecular weight is 240 g/mol. The van der Waals surface area contributed by atoms with Gasteiger partial charge in [-0.1, -0.05) is 6.07 Å². The van der Waals surface area contributed by atoms with Crippen molar-refractivity contribution in [1.82, 2.24) is 9.55 Å². The molecule has 0 aliphatic rings. The first-order valence-corrected chi connectivity index (χ1v) is 6.23. The summed E-state index contributed by atoms with van der Waals surface area (Å²) in [7, 11) is 2.08. The molecule has 0 aliphatic carbocycles. The Morgan fingerprint density at radius 2 is 2.00 bits per heavy atom. The molecule has 0 amide bonds. The second-order valence-corrected chi connectivity index (χ2v) is 4.63. The maximum absolute atomic E-state index is 8.90. The predicted molar refractivity (Wildman–Crippen MR) is 73.6 cm³/mol. The second kappa shape index (κ2) is 4.42. The van der Waals surface area contributed by atoms with Gasteiger partial charge in [0.1, 0.15) is 0 Å². The lowest BCUT2D eigenvalue weighted by molar-refractivity contribution is 0.288. The monoisotopic (exact) mass is 240 g/mol. The fourth-order valence-electron chi connectivity index (χ4n) is 2.55. The maximum atomic E-state index is 8.90. The third-order valence-electron chi connectivity index (χ3n) is 3.50. The van der Waals surface area contributed by atoms with Gasteiger partial charge >= 0.3 is 0 Å². The van der Waals surface area contributed by atoms with Gasteiger partial charge in [-0.05, 0) is 36.6 Å². The highest BCUT2D eigenvalue weighted by Crippen LogP contribution is 2.28. The van der Waals surface area contributed by atoms with Gasteiger partial charge in [0, 0.05) is 42.3 Å².